The van der Waals surface area contributed by atoms with Gasteiger partial charge >= 0.3 is 0 Å². The molecule has 148 valence electrons. The maximum Gasteiger partial charge on any atom is 0.238 e. The lowest BCUT2D eigenvalue weighted by Crippen LogP contribution is -2.41. The number of carbonyl (C=O) groups excluding carboxylic acids is 2. The van der Waals surface area contributed by atoms with E-state index in [1.165, 1.54) is 0 Å². The Balaban J connectivity index is 1.46. The van der Waals surface area contributed by atoms with Crippen molar-refractivity contribution in [3.63, 3.8) is 0 Å². The van der Waals surface area contributed by atoms with Crippen molar-refractivity contribution in [2.24, 2.45) is 5.92 Å². The van der Waals surface area contributed by atoms with Gasteiger partial charge in [0.2, 0.25) is 11.8 Å². The summed E-state index contributed by atoms with van der Waals surface area (Å²) in [7, 11) is 0. The Morgan fingerprint density at radius 3 is 2.29 bits per heavy atom. The van der Waals surface area contributed by atoms with Gasteiger partial charge in [-0.25, -0.2) is 0 Å². The second-order valence-electron chi connectivity index (χ2n) is 7.70. The van der Waals surface area contributed by atoms with Gasteiger partial charge in [-0.3, -0.25) is 14.5 Å². The van der Waals surface area contributed by atoms with Crippen molar-refractivity contribution in [1.82, 2.24) is 4.90 Å². The molecule has 28 heavy (non-hydrogen) atoms. The Hall–Kier alpha value is -2.66. The third-order valence-corrected chi connectivity index (χ3v) is 5.22. The van der Waals surface area contributed by atoms with E-state index in [2.05, 4.69) is 35.4 Å². The fourth-order valence-corrected chi connectivity index (χ4v) is 3.63. The molecule has 0 atom stereocenters. The zero-order valence-corrected chi connectivity index (χ0v) is 16.7. The normalized spacial score (nSPS) is 15.4. The SMILES string of the molecule is CC(C)c1ccccc1NC(=O)CN1CCC(C(=O)Nc2ccccc2)CC1. The van der Waals surface area contributed by atoms with Crippen LogP contribution in [0.5, 0.6) is 0 Å². The number of para-hydroxylation sites is 2. The molecule has 2 aromatic carbocycles. The monoisotopic (exact) mass is 379 g/mol. The minimum atomic E-state index is 0.000266. The highest BCUT2D eigenvalue weighted by Crippen LogP contribution is 2.24. The number of rotatable bonds is 6. The molecule has 1 heterocycles. The van der Waals surface area contributed by atoms with Crippen LogP contribution in [0.3, 0.4) is 0 Å². The summed E-state index contributed by atoms with van der Waals surface area (Å²) in [5, 5.41) is 6.03. The summed E-state index contributed by atoms with van der Waals surface area (Å²) >= 11 is 0. The minimum Gasteiger partial charge on any atom is -0.326 e. The number of benzene rings is 2. The van der Waals surface area contributed by atoms with Crippen LogP contribution in [-0.4, -0.2) is 36.3 Å². The van der Waals surface area contributed by atoms with Gasteiger partial charge in [-0.15, -0.1) is 0 Å². The summed E-state index contributed by atoms with van der Waals surface area (Å²) in [6.07, 6.45) is 1.54. The average molecular weight is 380 g/mol. The number of likely N-dealkylation sites (tertiary alicyclic amines) is 1. The van der Waals surface area contributed by atoms with Gasteiger partial charge in [-0.05, 0) is 55.6 Å². The van der Waals surface area contributed by atoms with E-state index >= 15 is 0 Å². The molecule has 1 saturated heterocycles. The zero-order chi connectivity index (χ0) is 19.9. The lowest BCUT2D eigenvalue weighted by atomic mass is 9.95. The summed E-state index contributed by atoms with van der Waals surface area (Å²) in [6.45, 7) is 6.12. The summed E-state index contributed by atoms with van der Waals surface area (Å²) < 4.78 is 0. The smallest absolute Gasteiger partial charge is 0.238 e. The third kappa shape index (κ3) is 5.42. The Kier molecular flexibility index (Phi) is 6.82. The molecule has 5 nitrogen and oxygen atoms in total. The Bertz CT molecular complexity index is 797. The second kappa shape index (κ2) is 9.51. The quantitative estimate of drug-likeness (QED) is 0.794. The first kappa shape index (κ1) is 20.1. The maximum absolute atomic E-state index is 12.5. The van der Waals surface area contributed by atoms with Gasteiger partial charge in [-0.2, -0.15) is 0 Å². The van der Waals surface area contributed by atoms with E-state index < -0.39 is 0 Å². The number of nitrogens with zero attached hydrogens (tertiary/aromatic N) is 1. The number of anilines is 2. The van der Waals surface area contributed by atoms with E-state index in [0.29, 0.717) is 12.5 Å². The van der Waals surface area contributed by atoms with Crippen molar-refractivity contribution in [3.8, 4) is 0 Å². The standard InChI is InChI=1S/C23H29N3O2/c1-17(2)20-10-6-7-11-21(20)25-22(27)16-26-14-12-18(13-15-26)23(28)24-19-8-4-3-5-9-19/h3-11,17-18H,12-16H2,1-2H3,(H,24,28)(H,25,27). The Morgan fingerprint density at radius 2 is 1.61 bits per heavy atom. The van der Waals surface area contributed by atoms with E-state index in [1.54, 1.807) is 0 Å². The van der Waals surface area contributed by atoms with Crippen molar-refractivity contribution in [1.29, 1.82) is 0 Å². The van der Waals surface area contributed by atoms with Crippen molar-refractivity contribution in [2.75, 3.05) is 30.3 Å². The number of nitrogens with one attached hydrogen (secondary N) is 2. The van der Waals surface area contributed by atoms with Crippen LogP contribution in [0.1, 0.15) is 38.2 Å². The van der Waals surface area contributed by atoms with Crippen LogP contribution in [0.25, 0.3) is 0 Å². The summed E-state index contributed by atoms with van der Waals surface area (Å²) in [4.78, 5) is 27.0. The molecule has 0 spiro atoms. The van der Waals surface area contributed by atoms with Crippen LogP contribution >= 0.6 is 0 Å². The molecule has 0 aromatic heterocycles. The fraction of sp³-hybridized carbons (Fsp3) is 0.391. The Labute approximate surface area is 167 Å². The molecule has 0 bridgehead atoms. The largest absolute Gasteiger partial charge is 0.326 e. The molecule has 0 unspecified atom stereocenters. The van der Waals surface area contributed by atoms with E-state index in [4.69, 9.17) is 0 Å². The molecule has 3 rings (SSSR count). The second-order valence-corrected chi connectivity index (χ2v) is 7.70. The molecule has 0 aliphatic carbocycles. The summed E-state index contributed by atoms with van der Waals surface area (Å²) in [5.74, 6) is 0.429. The first-order valence-corrected chi connectivity index (χ1v) is 10.00. The van der Waals surface area contributed by atoms with Crippen LogP contribution in [0, 0.1) is 5.92 Å². The molecule has 2 amide bonds. The number of piperidine rings is 1. The van der Waals surface area contributed by atoms with Gasteiger partial charge in [0, 0.05) is 17.3 Å². The number of hydrogen-bond donors (Lipinski definition) is 2. The predicted octanol–water partition coefficient (Wildman–Crippen LogP) is 4.10. The first-order chi connectivity index (χ1) is 13.5. The molecule has 2 N–H and O–H groups in total. The fourth-order valence-electron chi connectivity index (χ4n) is 3.63. The van der Waals surface area contributed by atoms with Crippen LogP contribution in [0.2, 0.25) is 0 Å². The third-order valence-electron chi connectivity index (χ3n) is 5.22. The van der Waals surface area contributed by atoms with E-state index in [1.807, 2.05) is 48.5 Å². The number of carbonyl (C=O) groups is 2. The van der Waals surface area contributed by atoms with Gasteiger partial charge < -0.3 is 10.6 Å². The van der Waals surface area contributed by atoms with Gasteiger partial charge in [0.25, 0.3) is 0 Å². The maximum atomic E-state index is 12.5. The number of amides is 2. The molecular formula is C23H29N3O2. The van der Waals surface area contributed by atoms with Crippen LogP contribution in [0.4, 0.5) is 11.4 Å². The number of hydrogen-bond acceptors (Lipinski definition) is 3. The van der Waals surface area contributed by atoms with Gasteiger partial charge in [0.15, 0.2) is 0 Å². The highest BCUT2D eigenvalue weighted by Gasteiger charge is 2.26. The van der Waals surface area contributed by atoms with E-state index in [9.17, 15) is 9.59 Å². The molecule has 1 aliphatic rings. The van der Waals surface area contributed by atoms with E-state index in [-0.39, 0.29) is 17.7 Å². The highest BCUT2D eigenvalue weighted by atomic mass is 16.2. The molecule has 0 radical (unpaired) electrons. The van der Waals surface area contributed by atoms with Gasteiger partial charge in [0.05, 0.1) is 6.54 Å². The molecule has 0 saturated carbocycles. The molecule has 2 aromatic rings. The lowest BCUT2D eigenvalue weighted by Gasteiger charge is -2.30. The van der Waals surface area contributed by atoms with Crippen molar-refractivity contribution < 1.29 is 9.59 Å². The van der Waals surface area contributed by atoms with Crippen molar-refractivity contribution in [2.45, 2.75) is 32.6 Å². The first-order valence-electron chi connectivity index (χ1n) is 10.00. The highest BCUT2D eigenvalue weighted by molar-refractivity contribution is 5.93. The van der Waals surface area contributed by atoms with Crippen LogP contribution in [-0.2, 0) is 9.59 Å². The summed E-state index contributed by atoms with van der Waals surface area (Å²) in [6, 6.07) is 17.5. The van der Waals surface area contributed by atoms with Crippen LogP contribution in [0.15, 0.2) is 54.6 Å². The zero-order valence-electron chi connectivity index (χ0n) is 16.7. The summed E-state index contributed by atoms with van der Waals surface area (Å²) in [5.41, 5.74) is 2.87. The lowest BCUT2D eigenvalue weighted by molar-refractivity contribution is -0.121. The molecule has 1 aliphatic heterocycles. The minimum absolute atomic E-state index is 0.000266. The van der Waals surface area contributed by atoms with Gasteiger partial charge in [-0.1, -0.05) is 50.2 Å². The van der Waals surface area contributed by atoms with Crippen molar-refractivity contribution in [3.05, 3.63) is 60.2 Å². The predicted molar refractivity (Wildman–Crippen MR) is 113 cm³/mol. The average Bonchev–Trinajstić information content (AvgIpc) is 2.69. The topological polar surface area (TPSA) is 61.4 Å². The molecule has 1 fully saturated rings. The molecule has 5 heteroatoms. The van der Waals surface area contributed by atoms with Gasteiger partial charge in [0.1, 0.15) is 0 Å². The van der Waals surface area contributed by atoms with Crippen LogP contribution < -0.4 is 10.6 Å². The van der Waals surface area contributed by atoms with Crippen molar-refractivity contribution >= 4 is 23.2 Å². The Morgan fingerprint density at radius 1 is 0.964 bits per heavy atom. The molecular weight excluding hydrogens is 350 g/mol. The van der Waals surface area contributed by atoms with E-state index in [0.717, 1.165) is 42.9 Å².